The number of ether oxygens (including phenoxy) is 1. The standard InChI is InChI=1S/C15H25N3O/c1-4-19-14-12(16)5-6-13(18-14)17-11-7-9-15(2,3)10-8-11/h5-6,11H,4,7-10,16H2,1-3H3,(H,17,18). The molecule has 1 aliphatic rings. The molecule has 0 aromatic carbocycles. The minimum absolute atomic E-state index is 0.489. The van der Waals surface area contributed by atoms with Crippen LogP contribution in [0.3, 0.4) is 0 Å². The van der Waals surface area contributed by atoms with Gasteiger partial charge >= 0.3 is 0 Å². The normalized spacial score (nSPS) is 19.1. The van der Waals surface area contributed by atoms with Crippen LogP contribution in [-0.4, -0.2) is 17.6 Å². The number of rotatable bonds is 4. The zero-order valence-electron chi connectivity index (χ0n) is 12.2. The Bertz CT molecular complexity index is 421. The first-order valence-corrected chi connectivity index (χ1v) is 7.16. The molecule has 1 fully saturated rings. The molecule has 0 atom stereocenters. The van der Waals surface area contributed by atoms with Gasteiger partial charge in [0.15, 0.2) is 0 Å². The van der Waals surface area contributed by atoms with Gasteiger partial charge in [-0.3, -0.25) is 0 Å². The molecule has 1 aromatic rings. The maximum Gasteiger partial charge on any atom is 0.239 e. The molecule has 0 bridgehead atoms. The van der Waals surface area contributed by atoms with Gasteiger partial charge in [0.2, 0.25) is 5.88 Å². The zero-order valence-corrected chi connectivity index (χ0v) is 12.2. The second-order valence-electron chi connectivity index (χ2n) is 6.11. The Balaban J connectivity index is 1.98. The van der Waals surface area contributed by atoms with Crippen LogP contribution >= 0.6 is 0 Å². The largest absolute Gasteiger partial charge is 0.476 e. The van der Waals surface area contributed by atoms with Gasteiger partial charge in [0.1, 0.15) is 5.82 Å². The van der Waals surface area contributed by atoms with E-state index in [4.69, 9.17) is 10.5 Å². The van der Waals surface area contributed by atoms with Crippen molar-refractivity contribution in [2.24, 2.45) is 5.41 Å². The third-order valence-corrected chi connectivity index (χ3v) is 3.86. The Hall–Kier alpha value is -1.45. The van der Waals surface area contributed by atoms with Crippen LogP contribution in [0.1, 0.15) is 46.5 Å². The Morgan fingerprint density at radius 3 is 2.68 bits per heavy atom. The molecule has 4 nitrogen and oxygen atoms in total. The molecular weight excluding hydrogens is 238 g/mol. The number of nitrogens with one attached hydrogen (secondary N) is 1. The number of aromatic nitrogens is 1. The van der Waals surface area contributed by atoms with E-state index in [1.807, 2.05) is 19.1 Å². The Kier molecular flexibility index (Phi) is 4.17. The fraction of sp³-hybridized carbons (Fsp3) is 0.667. The number of pyridine rings is 1. The van der Waals surface area contributed by atoms with E-state index in [0.29, 0.717) is 29.6 Å². The molecule has 19 heavy (non-hydrogen) atoms. The average Bonchev–Trinajstić information content (AvgIpc) is 2.36. The molecule has 0 spiro atoms. The fourth-order valence-corrected chi connectivity index (χ4v) is 2.54. The lowest BCUT2D eigenvalue weighted by Crippen LogP contribution is -2.30. The molecule has 4 heteroatoms. The highest BCUT2D eigenvalue weighted by atomic mass is 16.5. The first-order valence-electron chi connectivity index (χ1n) is 7.16. The molecule has 3 N–H and O–H groups in total. The summed E-state index contributed by atoms with van der Waals surface area (Å²) in [6.45, 7) is 7.21. The van der Waals surface area contributed by atoms with Crippen LogP contribution < -0.4 is 15.8 Å². The van der Waals surface area contributed by atoms with E-state index in [1.54, 1.807) is 0 Å². The monoisotopic (exact) mass is 263 g/mol. The Morgan fingerprint density at radius 1 is 1.37 bits per heavy atom. The Morgan fingerprint density at radius 2 is 2.05 bits per heavy atom. The first kappa shape index (κ1) is 14.0. The van der Waals surface area contributed by atoms with Crippen LogP contribution in [0.25, 0.3) is 0 Å². The SMILES string of the molecule is CCOc1nc(NC2CCC(C)(C)CC2)ccc1N. The third-order valence-electron chi connectivity index (χ3n) is 3.86. The summed E-state index contributed by atoms with van der Waals surface area (Å²) in [7, 11) is 0. The molecule has 0 saturated heterocycles. The summed E-state index contributed by atoms with van der Waals surface area (Å²) in [6, 6.07) is 4.30. The van der Waals surface area contributed by atoms with Crippen LogP contribution in [0.15, 0.2) is 12.1 Å². The molecule has 2 rings (SSSR count). The predicted molar refractivity (Wildman–Crippen MR) is 79.5 cm³/mol. The summed E-state index contributed by atoms with van der Waals surface area (Å²) < 4.78 is 5.42. The molecular formula is C15H25N3O. The number of hydrogen-bond acceptors (Lipinski definition) is 4. The van der Waals surface area contributed by atoms with Crippen LogP contribution in [0.4, 0.5) is 11.5 Å². The van der Waals surface area contributed by atoms with Gasteiger partial charge in [-0.15, -0.1) is 0 Å². The lowest BCUT2D eigenvalue weighted by molar-refractivity contribution is 0.232. The number of nitrogens with two attached hydrogens (primary N) is 1. The van der Waals surface area contributed by atoms with Gasteiger partial charge < -0.3 is 15.8 Å². The van der Waals surface area contributed by atoms with Crippen molar-refractivity contribution in [1.29, 1.82) is 0 Å². The van der Waals surface area contributed by atoms with Crippen LogP contribution in [-0.2, 0) is 0 Å². The third kappa shape index (κ3) is 3.75. The summed E-state index contributed by atoms with van der Waals surface area (Å²) in [5, 5.41) is 3.50. The maximum atomic E-state index is 5.83. The number of nitrogens with zero attached hydrogens (tertiary/aromatic N) is 1. The molecule has 0 amide bonds. The predicted octanol–water partition coefficient (Wildman–Crippen LogP) is 3.44. The van der Waals surface area contributed by atoms with E-state index >= 15 is 0 Å². The number of nitrogen functional groups attached to an aromatic ring is 1. The van der Waals surface area contributed by atoms with Gasteiger partial charge in [0.25, 0.3) is 0 Å². The van der Waals surface area contributed by atoms with Crippen molar-refractivity contribution in [3.05, 3.63) is 12.1 Å². The number of hydrogen-bond donors (Lipinski definition) is 2. The van der Waals surface area contributed by atoms with Crippen molar-refractivity contribution in [2.45, 2.75) is 52.5 Å². The van der Waals surface area contributed by atoms with Gasteiger partial charge in [-0.25, -0.2) is 0 Å². The molecule has 0 radical (unpaired) electrons. The molecule has 0 aliphatic heterocycles. The van der Waals surface area contributed by atoms with Gasteiger partial charge in [-0.1, -0.05) is 13.8 Å². The molecule has 0 unspecified atom stereocenters. The minimum Gasteiger partial charge on any atom is -0.476 e. The van der Waals surface area contributed by atoms with Crippen molar-refractivity contribution >= 4 is 11.5 Å². The summed E-state index contributed by atoms with van der Waals surface area (Å²) >= 11 is 0. The van der Waals surface area contributed by atoms with Crippen LogP contribution in [0, 0.1) is 5.41 Å². The minimum atomic E-state index is 0.489. The smallest absolute Gasteiger partial charge is 0.239 e. The summed E-state index contributed by atoms with van der Waals surface area (Å²) in [4.78, 5) is 4.43. The van der Waals surface area contributed by atoms with E-state index in [-0.39, 0.29) is 0 Å². The second kappa shape index (κ2) is 5.68. The quantitative estimate of drug-likeness (QED) is 0.873. The topological polar surface area (TPSA) is 60.2 Å². The van der Waals surface area contributed by atoms with Crippen LogP contribution in [0.2, 0.25) is 0 Å². The Labute approximate surface area is 115 Å². The van der Waals surface area contributed by atoms with E-state index in [2.05, 4.69) is 24.1 Å². The van der Waals surface area contributed by atoms with Crippen molar-refractivity contribution in [3.63, 3.8) is 0 Å². The summed E-state index contributed by atoms with van der Waals surface area (Å²) in [5.41, 5.74) is 6.91. The van der Waals surface area contributed by atoms with Crippen molar-refractivity contribution in [2.75, 3.05) is 17.7 Å². The molecule has 1 saturated carbocycles. The molecule has 1 heterocycles. The highest BCUT2D eigenvalue weighted by molar-refractivity contribution is 5.53. The fourth-order valence-electron chi connectivity index (χ4n) is 2.54. The van der Waals surface area contributed by atoms with Crippen LogP contribution in [0.5, 0.6) is 5.88 Å². The van der Waals surface area contributed by atoms with Crippen molar-refractivity contribution < 1.29 is 4.74 Å². The first-order chi connectivity index (χ1) is 9.00. The summed E-state index contributed by atoms with van der Waals surface area (Å²) in [5.74, 6) is 1.39. The van der Waals surface area contributed by atoms with Gasteiger partial charge in [-0.2, -0.15) is 4.98 Å². The maximum absolute atomic E-state index is 5.83. The number of anilines is 2. The van der Waals surface area contributed by atoms with Gasteiger partial charge in [-0.05, 0) is 50.2 Å². The van der Waals surface area contributed by atoms with Crippen molar-refractivity contribution in [3.8, 4) is 5.88 Å². The van der Waals surface area contributed by atoms with E-state index < -0.39 is 0 Å². The molecule has 1 aromatic heterocycles. The second-order valence-corrected chi connectivity index (χ2v) is 6.11. The summed E-state index contributed by atoms with van der Waals surface area (Å²) in [6.07, 6.45) is 4.92. The average molecular weight is 263 g/mol. The highest BCUT2D eigenvalue weighted by Crippen LogP contribution is 2.36. The zero-order chi connectivity index (χ0) is 13.9. The lowest BCUT2D eigenvalue weighted by atomic mass is 9.75. The van der Waals surface area contributed by atoms with E-state index in [9.17, 15) is 0 Å². The van der Waals surface area contributed by atoms with E-state index in [1.165, 1.54) is 25.7 Å². The van der Waals surface area contributed by atoms with Gasteiger partial charge in [0, 0.05) is 6.04 Å². The van der Waals surface area contributed by atoms with Gasteiger partial charge in [0.05, 0.1) is 12.3 Å². The molecule has 106 valence electrons. The van der Waals surface area contributed by atoms with Crippen molar-refractivity contribution in [1.82, 2.24) is 4.98 Å². The highest BCUT2D eigenvalue weighted by Gasteiger charge is 2.26. The molecule has 1 aliphatic carbocycles. The van der Waals surface area contributed by atoms with E-state index in [0.717, 1.165) is 5.82 Å². The lowest BCUT2D eigenvalue weighted by Gasteiger charge is -2.34.